The van der Waals surface area contributed by atoms with E-state index in [1.54, 1.807) is 29.7 Å². The number of ether oxygens (including phenoxy) is 1. The van der Waals surface area contributed by atoms with E-state index in [9.17, 15) is 4.79 Å². The molecule has 2 aromatic heterocycles. The quantitative estimate of drug-likeness (QED) is 0.671. The number of aromatic nitrogens is 3. The molecule has 0 spiro atoms. The Morgan fingerprint density at radius 1 is 1.11 bits per heavy atom. The van der Waals surface area contributed by atoms with Crippen LogP contribution in [0.1, 0.15) is 10.5 Å². The second kappa shape index (κ2) is 4.53. The average Bonchev–Trinajstić information content (AvgIpc) is 2.91. The van der Waals surface area contributed by atoms with Gasteiger partial charge in [0.05, 0.1) is 18.4 Å². The second-order valence-electron chi connectivity index (χ2n) is 3.99. The molecule has 5 heteroatoms. The van der Waals surface area contributed by atoms with E-state index in [1.165, 1.54) is 0 Å². The number of hydrogen-bond donors (Lipinski definition) is 0. The van der Waals surface area contributed by atoms with E-state index < -0.39 is 0 Å². The first-order valence-electron chi connectivity index (χ1n) is 5.78. The zero-order chi connectivity index (χ0) is 13.2. The normalized spacial score (nSPS) is 10.6. The van der Waals surface area contributed by atoms with Crippen LogP contribution in [0.2, 0.25) is 0 Å². The summed E-state index contributed by atoms with van der Waals surface area (Å²) in [7, 11) is 1.60. The minimum atomic E-state index is 0.503. The van der Waals surface area contributed by atoms with Crippen LogP contribution in [-0.4, -0.2) is 28.0 Å². The number of para-hydroxylation sites is 1. The Hall–Kier alpha value is -2.69. The largest absolute Gasteiger partial charge is 0.496 e. The average molecular weight is 253 g/mol. The Kier molecular flexibility index (Phi) is 2.72. The van der Waals surface area contributed by atoms with Crippen molar-refractivity contribution in [2.45, 2.75) is 0 Å². The van der Waals surface area contributed by atoms with Crippen LogP contribution in [0.25, 0.3) is 17.0 Å². The summed E-state index contributed by atoms with van der Waals surface area (Å²) >= 11 is 0. The lowest BCUT2D eigenvalue weighted by Crippen LogP contribution is -1.98. The van der Waals surface area contributed by atoms with E-state index in [0.29, 0.717) is 22.9 Å². The van der Waals surface area contributed by atoms with Gasteiger partial charge in [0.1, 0.15) is 5.75 Å². The summed E-state index contributed by atoms with van der Waals surface area (Å²) in [5, 5.41) is 8.23. The maximum absolute atomic E-state index is 11.1. The third kappa shape index (κ3) is 1.76. The van der Waals surface area contributed by atoms with Crippen molar-refractivity contribution in [3.63, 3.8) is 0 Å². The van der Waals surface area contributed by atoms with Gasteiger partial charge in [-0.15, -0.1) is 10.2 Å². The second-order valence-corrected chi connectivity index (χ2v) is 3.99. The first-order valence-corrected chi connectivity index (χ1v) is 5.78. The highest BCUT2D eigenvalue weighted by Crippen LogP contribution is 2.28. The highest BCUT2D eigenvalue weighted by molar-refractivity contribution is 5.77. The van der Waals surface area contributed by atoms with E-state index in [1.807, 2.05) is 24.3 Å². The van der Waals surface area contributed by atoms with Crippen molar-refractivity contribution in [3.05, 3.63) is 48.2 Å². The number of aldehydes is 1. The number of rotatable bonds is 3. The molecule has 5 nitrogen and oxygen atoms in total. The summed E-state index contributed by atoms with van der Waals surface area (Å²) in [6.07, 6.45) is 0.787. The van der Waals surface area contributed by atoms with E-state index in [2.05, 4.69) is 10.2 Å². The molecule has 0 unspecified atom stereocenters. The van der Waals surface area contributed by atoms with Gasteiger partial charge in [0.15, 0.2) is 17.8 Å². The van der Waals surface area contributed by atoms with Crippen LogP contribution in [0.5, 0.6) is 5.75 Å². The van der Waals surface area contributed by atoms with Crippen molar-refractivity contribution in [2.75, 3.05) is 7.11 Å². The Morgan fingerprint density at radius 2 is 1.95 bits per heavy atom. The number of methoxy groups -OCH3 is 1. The van der Waals surface area contributed by atoms with Gasteiger partial charge in [0, 0.05) is 0 Å². The molecule has 0 aliphatic carbocycles. The Morgan fingerprint density at radius 3 is 2.74 bits per heavy atom. The van der Waals surface area contributed by atoms with Gasteiger partial charge in [-0.1, -0.05) is 18.2 Å². The molecule has 0 bridgehead atoms. The first kappa shape index (κ1) is 11.4. The minimum Gasteiger partial charge on any atom is -0.496 e. The number of fused-ring (bicyclic) bond motifs is 1. The lowest BCUT2D eigenvalue weighted by atomic mass is 10.2. The van der Waals surface area contributed by atoms with Crippen molar-refractivity contribution < 1.29 is 9.53 Å². The van der Waals surface area contributed by atoms with E-state index in [4.69, 9.17) is 4.74 Å². The maximum atomic E-state index is 11.1. The Balaban J connectivity index is 2.34. The molecule has 0 radical (unpaired) electrons. The number of benzene rings is 1. The Bertz CT molecular complexity index is 749. The monoisotopic (exact) mass is 253 g/mol. The molecule has 2 heterocycles. The third-order valence-electron chi connectivity index (χ3n) is 2.93. The van der Waals surface area contributed by atoms with Crippen LogP contribution in [0.4, 0.5) is 0 Å². The molecule has 0 aliphatic heterocycles. The zero-order valence-corrected chi connectivity index (χ0v) is 10.3. The Labute approximate surface area is 109 Å². The zero-order valence-electron chi connectivity index (χ0n) is 10.3. The fourth-order valence-corrected chi connectivity index (χ4v) is 2.06. The van der Waals surface area contributed by atoms with Gasteiger partial charge in [-0.2, -0.15) is 0 Å². The van der Waals surface area contributed by atoms with Crippen LogP contribution in [0.3, 0.4) is 0 Å². The topological polar surface area (TPSA) is 56.5 Å². The summed E-state index contributed by atoms with van der Waals surface area (Å²) in [4.78, 5) is 11.1. The third-order valence-corrected chi connectivity index (χ3v) is 2.93. The minimum absolute atomic E-state index is 0.503. The van der Waals surface area contributed by atoms with Crippen LogP contribution in [0, 0.1) is 0 Å². The number of nitrogens with zero attached hydrogens (tertiary/aromatic N) is 3. The molecule has 3 rings (SSSR count). The molecule has 0 saturated heterocycles. The molecule has 3 aromatic rings. The number of pyridine rings is 1. The van der Waals surface area contributed by atoms with Gasteiger partial charge in [-0.3, -0.25) is 9.20 Å². The van der Waals surface area contributed by atoms with Crippen LogP contribution < -0.4 is 4.74 Å². The molecule has 94 valence electrons. The summed E-state index contributed by atoms with van der Waals surface area (Å²) in [5.74, 6) is 1.28. The van der Waals surface area contributed by atoms with Gasteiger partial charge in [-0.05, 0) is 24.3 Å². The van der Waals surface area contributed by atoms with Crippen molar-refractivity contribution in [3.8, 4) is 17.1 Å². The molecule has 0 aliphatic rings. The fraction of sp³-hybridized carbons (Fsp3) is 0.0714. The predicted octanol–water partition coefficient (Wildman–Crippen LogP) is 2.22. The fourth-order valence-electron chi connectivity index (χ4n) is 2.06. The molecule has 0 amide bonds. The summed E-state index contributed by atoms with van der Waals surface area (Å²) in [5.41, 5.74) is 1.93. The number of carbonyl (C=O) groups is 1. The number of hydrogen-bond acceptors (Lipinski definition) is 4. The lowest BCUT2D eigenvalue weighted by molar-refractivity contribution is 0.111. The van der Waals surface area contributed by atoms with Crippen molar-refractivity contribution in [2.24, 2.45) is 0 Å². The summed E-state index contributed by atoms with van der Waals surface area (Å²) < 4.78 is 7.04. The first-order chi connectivity index (χ1) is 9.35. The van der Waals surface area contributed by atoms with E-state index >= 15 is 0 Å². The molecule has 0 saturated carbocycles. The standard InChI is InChI=1S/C14H11N3O2/c1-19-12-7-3-2-6-11(12)14-16-15-13-8-4-5-10(9-18)17(13)14/h2-9H,1H3. The molecule has 0 N–H and O–H groups in total. The number of carbonyl (C=O) groups excluding carboxylic acids is 1. The van der Waals surface area contributed by atoms with Crippen LogP contribution >= 0.6 is 0 Å². The SMILES string of the molecule is COc1ccccc1-c1nnc2cccc(C=O)n12. The maximum Gasteiger partial charge on any atom is 0.172 e. The smallest absolute Gasteiger partial charge is 0.172 e. The molecule has 19 heavy (non-hydrogen) atoms. The summed E-state index contributed by atoms with van der Waals surface area (Å²) in [6, 6.07) is 12.8. The lowest BCUT2D eigenvalue weighted by Gasteiger charge is -2.07. The molecule has 0 atom stereocenters. The van der Waals surface area contributed by atoms with Gasteiger partial charge < -0.3 is 4.74 Å². The van der Waals surface area contributed by atoms with Crippen LogP contribution in [-0.2, 0) is 0 Å². The molecule has 0 fully saturated rings. The van der Waals surface area contributed by atoms with Gasteiger partial charge in [0.2, 0.25) is 0 Å². The molecule has 1 aromatic carbocycles. The van der Waals surface area contributed by atoms with Crippen molar-refractivity contribution >= 4 is 11.9 Å². The summed E-state index contributed by atoms with van der Waals surface area (Å²) in [6.45, 7) is 0. The highest BCUT2D eigenvalue weighted by atomic mass is 16.5. The van der Waals surface area contributed by atoms with Crippen molar-refractivity contribution in [1.82, 2.24) is 14.6 Å². The van der Waals surface area contributed by atoms with Crippen LogP contribution in [0.15, 0.2) is 42.5 Å². The molecular weight excluding hydrogens is 242 g/mol. The molecular formula is C14H11N3O2. The van der Waals surface area contributed by atoms with Gasteiger partial charge in [-0.25, -0.2) is 0 Å². The van der Waals surface area contributed by atoms with E-state index in [0.717, 1.165) is 11.8 Å². The van der Waals surface area contributed by atoms with Crippen molar-refractivity contribution in [1.29, 1.82) is 0 Å². The van der Waals surface area contributed by atoms with E-state index in [-0.39, 0.29) is 0 Å². The van der Waals surface area contributed by atoms with Gasteiger partial charge >= 0.3 is 0 Å². The highest BCUT2D eigenvalue weighted by Gasteiger charge is 2.14. The van der Waals surface area contributed by atoms with Gasteiger partial charge in [0.25, 0.3) is 0 Å². The predicted molar refractivity (Wildman–Crippen MR) is 70.4 cm³/mol.